The van der Waals surface area contributed by atoms with Crippen LogP contribution in [0.25, 0.3) is 0 Å². The van der Waals surface area contributed by atoms with Gasteiger partial charge in [0.05, 0.1) is 0 Å². The van der Waals surface area contributed by atoms with Crippen LogP contribution in [0, 0.1) is 0 Å². The maximum Gasteiger partial charge on any atom is 0.353 e. The summed E-state index contributed by atoms with van der Waals surface area (Å²) >= 11 is 2.09. The molecule has 14 heteroatoms. The summed E-state index contributed by atoms with van der Waals surface area (Å²) in [4.78, 5) is 62.2. The Labute approximate surface area is 200 Å². The lowest BCUT2D eigenvalue weighted by atomic mass is 10.0. The van der Waals surface area contributed by atoms with Crippen molar-refractivity contribution >= 4 is 41.3 Å². The number of aliphatic hydroxyl groups is 1. The number of nitrogens with one attached hydrogen (secondary N) is 2. The standard InChI is InChI=1S/C20H19N5O7S2/c1-8-13(34-20-23-22-15(28)17(30)24(20)2)11(19(31)32)25-16(29)10(18(25)33-8)21-14(27)12(26)9-6-4-3-5-7-9/h3-8,10,12,18,26H,1-2H3,(H,21,27)(H,22,28)(H,31,32)/t8?,10?,12?,18-/m1/s1. The zero-order valence-corrected chi connectivity index (χ0v) is 19.4. The number of aromatic amines is 1. The lowest BCUT2D eigenvalue weighted by Gasteiger charge is -2.50. The molecule has 12 nitrogen and oxygen atoms in total. The number of aliphatic hydroxyl groups excluding tert-OH is 1. The fourth-order valence-corrected chi connectivity index (χ4v) is 6.16. The van der Waals surface area contributed by atoms with Crippen LogP contribution in [0.2, 0.25) is 0 Å². The van der Waals surface area contributed by atoms with Gasteiger partial charge >= 0.3 is 17.1 Å². The molecule has 1 fully saturated rings. The van der Waals surface area contributed by atoms with Gasteiger partial charge in [-0.05, 0) is 12.5 Å². The highest BCUT2D eigenvalue weighted by Crippen LogP contribution is 2.48. The molecule has 0 radical (unpaired) electrons. The van der Waals surface area contributed by atoms with Gasteiger partial charge in [0.2, 0.25) is 0 Å². The summed E-state index contributed by atoms with van der Waals surface area (Å²) in [6.45, 7) is 1.72. The van der Waals surface area contributed by atoms with E-state index in [1.807, 2.05) is 0 Å². The van der Waals surface area contributed by atoms with E-state index in [1.165, 1.54) is 18.8 Å². The minimum absolute atomic E-state index is 0.0491. The van der Waals surface area contributed by atoms with Gasteiger partial charge in [-0.25, -0.2) is 9.89 Å². The van der Waals surface area contributed by atoms with Crippen molar-refractivity contribution in [3.63, 3.8) is 0 Å². The third-order valence-corrected chi connectivity index (χ3v) is 8.20. The molecule has 0 aliphatic carbocycles. The molecule has 3 unspecified atom stereocenters. The van der Waals surface area contributed by atoms with Crippen molar-refractivity contribution in [2.75, 3.05) is 0 Å². The number of benzene rings is 1. The topological polar surface area (TPSA) is 175 Å². The van der Waals surface area contributed by atoms with Crippen LogP contribution in [0.15, 0.2) is 55.7 Å². The van der Waals surface area contributed by atoms with Crippen molar-refractivity contribution in [3.05, 3.63) is 67.2 Å². The molecule has 4 rings (SSSR count). The van der Waals surface area contributed by atoms with E-state index < -0.39 is 51.7 Å². The molecule has 3 heterocycles. The highest BCUT2D eigenvalue weighted by molar-refractivity contribution is 8.06. The van der Waals surface area contributed by atoms with Crippen LogP contribution in [0.5, 0.6) is 0 Å². The second-order valence-electron chi connectivity index (χ2n) is 7.50. The smallest absolute Gasteiger partial charge is 0.353 e. The number of carbonyl (C=O) groups is 3. The Morgan fingerprint density at radius 1 is 1.24 bits per heavy atom. The van der Waals surface area contributed by atoms with E-state index in [0.29, 0.717) is 5.56 Å². The average Bonchev–Trinajstić information content (AvgIpc) is 2.83. The number of fused-ring (bicyclic) bond motifs is 1. The van der Waals surface area contributed by atoms with Crippen LogP contribution in [0.4, 0.5) is 0 Å². The number of aromatic nitrogens is 3. The van der Waals surface area contributed by atoms with Crippen LogP contribution >= 0.6 is 23.5 Å². The Balaban J connectivity index is 1.59. The number of nitrogens with zero attached hydrogens (tertiary/aromatic N) is 3. The average molecular weight is 506 g/mol. The van der Waals surface area contributed by atoms with Gasteiger partial charge in [0.1, 0.15) is 17.1 Å². The van der Waals surface area contributed by atoms with Gasteiger partial charge in [0.25, 0.3) is 11.8 Å². The summed E-state index contributed by atoms with van der Waals surface area (Å²) in [7, 11) is 1.33. The maximum absolute atomic E-state index is 12.9. The lowest BCUT2D eigenvalue weighted by Crippen LogP contribution is -2.71. The quantitative estimate of drug-likeness (QED) is 0.292. The molecule has 0 saturated carbocycles. The lowest BCUT2D eigenvalue weighted by molar-refractivity contribution is -0.151. The van der Waals surface area contributed by atoms with E-state index in [1.54, 1.807) is 37.3 Å². The Bertz CT molecular complexity index is 1320. The first-order chi connectivity index (χ1) is 16.1. The van der Waals surface area contributed by atoms with Crippen molar-refractivity contribution in [2.24, 2.45) is 7.05 Å². The Hall–Kier alpha value is -3.36. The van der Waals surface area contributed by atoms with Gasteiger partial charge in [-0.2, -0.15) is 0 Å². The fourth-order valence-electron chi connectivity index (χ4n) is 3.57. The predicted octanol–water partition coefficient (Wildman–Crippen LogP) is -0.621. The molecule has 2 amide bonds. The van der Waals surface area contributed by atoms with Gasteiger partial charge in [-0.3, -0.25) is 28.6 Å². The number of carboxylic acids is 1. The molecule has 178 valence electrons. The molecule has 4 atom stereocenters. The molecule has 2 aromatic rings. The molecule has 2 aliphatic heterocycles. The number of β-lactam (4-membered cyclic amide) rings is 1. The number of amides is 2. The molecule has 1 aromatic heterocycles. The number of hydrogen-bond acceptors (Lipinski definition) is 9. The first-order valence-electron chi connectivity index (χ1n) is 9.94. The van der Waals surface area contributed by atoms with Crippen molar-refractivity contribution in [1.29, 1.82) is 0 Å². The van der Waals surface area contributed by atoms with Crippen molar-refractivity contribution in [1.82, 2.24) is 25.0 Å². The van der Waals surface area contributed by atoms with Crippen LogP contribution in [-0.4, -0.2) is 64.3 Å². The Morgan fingerprint density at radius 3 is 2.56 bits per heavy atom. The minimum Gasteiger partial charge on any atom is -0.477 e. The summed E-state index contributed by atoms with van der Waals surface area (Å²) in [5, 5.41) is 27.4. The molecule has 2 aliphatic rings. The van der Waals surface area contributed by atoms with Gasteiger partial charge in [0.15, 0.2) is 11.3 Å². The number of carbonyl (C=O) groups excluding carboxylic acids is 2. The van der Waals surface area contributed by atoms with Gasteiger partial charge in [-0.1, -0.05) is 42.1 Å². The van der Waals surface area contributed by atoms with Crippen molar-refractivity contribution in [3.8, 4) is 0 Å². The summed E-state index contributed by atoms with van der Waals surface area (Å²) in [6, 6.07) is 7.19. The number of hydrogen-bond donors (Lipinski definition) is 4. The van der Waals surface area contributed by atoms with Gasteiger partial charge in [-0.15, -0.1) is 16.9 Å². The van der Waals surface area contributed by atoms with E-state index in [0.717, 1.165) is 21.2 Å². The second-order valence-corrected chi connectivity index (χ2v) is 9.97. The summed E-state index contributed by atoms with van der Waals surface area (Å²) in [5.41, 5.74) is -1.71. The first-order valence-corrected chi connectivity index (χ1v) is 11.7. The van der Waals surface area contributed by atoms with Crippen LogP contribution in [-0.2, 0) is 21.4 Å². The number of carboxylic acid groups (broad SMARTS) is 1. The molecule has 1 aromatic carbocycles. The second kappa shape index (κ2) is 9.12. The number of rotatable bonds is 6. The molecule has 34 heavy (non-hydrogen) atoms. The normalized spacial score (nSPS) is 22.6. The van der Waals surface area contributed by atoms with Crippen molar-refractivity contribution in [2.45, 2.75) is 34.8 Å². The largest absolute Gasteiger partial charge is 0.477 e. The number of H-pyrrole nitrogens is 1. The van der Waals surface area contributed by atoms with Crippen molar-refractivity contribution < 1.29 is 24.6 Å². The number of aliphatic carboxylic acids is 1. The highest BCUT2D eigenvalue weighted by Gasteiger charge is 2.56. The van der Waals surface area contributed by atoms with E-state index in [9.17, 15) is 34.2 Å². The van der Waals surface area contributed by atoms with E-state index in [4.69, 9.17) is 0 Å². The predicted molar refractivity (Wildman–Crippen MR) is 122 cm³/mol. The van der Waals surface area contributed by atoms with Gasteiger partial charge in [0, 0.05) is 17.2 Å². The summed E-state index contributed by atoms with van der Waals surface area (Å²) in [6.07, 6.45) is -1.48. The third-order valence-electron chi connectivity index (χ3n) is 5.33. The summed E-state index contributed by atoms with van der Waals surface area (Å²) in [5.74, 6) is -2.78. The third kappa shape index (κ3) is 4.03. The minimum atomic E-state index is -1.48. The molecule has 0 bridgehead atoms. The summed E-state index contributed by atoms with van der Waals surface area (Å²) < 4.78 is 0.991. The van der Waals surface area contributed by atoms with Crippen LogP contribution in [0.3, 0.4) is 0 Å². The number of thioether (sulfide) groups is 2. The first kappa shape index (κ1) is 23.8. The Kier molecular flexibility index (Phi) is 6.38. The molecule has 1 saturated heterocycles. The van der Waals surface area contributed by atoms with E-state index in [-0.39, 0.29) is 15.8 Å². The zero-order valence-electron chi connectivity index (χ0n) is 17.8. The zero-order chi connectivity index (χ0) is 24.7. The maximum atomic E-state index is 12.9. The van der Waals surface area contributed by atoms with E-state index in [2.05, 4.69) is 15.5 Å². The molecule has 0 spiro atoms. The van der Waals surface area contributed by atoms with Crippen LogP contribution < -0.4 is 16.4 Å². The fraction of sp³-hybridized carbons (Fsp3) is 0.300. The molecule has 4 N–H and O–H groups in total. The highest BCUT2D eigenvalue weighted by atomic mass is 32.2. The SMILES string of the molecule is CC1S[C@@H]2C(NC(=O)C(O)c3ccccc3)C(=O)N2C(C(=O)O)=C1Sc1n[nH]c(=O)c(=O)n1C. The molecular weight excluding hydrogens is 486 g/mol. The van der Waals surface area contributed by atoms with Crippen LogP contribution in [0.1, 0.15) is 18.6 Å². The Morgan fingerprint density at radius 2 is 1.91 bits per heavy atom. The van der Waals surface area contributed by atoms with E-state index >= 15 is 0 Å². The van der Waals surface area contributed by atoms with Gasteiger partial charge < -0.3 is 15.5 Å². The molecular formula is C20H19N5O7S2. The monoisotopic (exact) mass is 505 g/mol.